The molecular formula is C26H32N6O. The predicted molar refractivity (Wildman–Crippen MR) is 130 cm³/mol. The number of carbonyl (C=O) groups is 1. The van der Waals surface area contributed by atoms with Crippen molar-refractivity contribution in [1.29, 1.82) is 0 Å². The van der Waals surface area contributed by atoms with E-state index in [4.69, 9.17) is 4.98 Å². The maximum atomic E-state index is 13.6. The lowest BCUT2D eigenvalue weighted by atomic mass is 9.89. The maximum absolute atomic E-state index is 13.6. The Bertz CT molecular complexity index is 1120. The fourth-order valence-electron chi connectivity index (χ4n) is 5.12. The Labute approximate surface area is 195 Å². The van der Waals surface area contributed by atoms with Crippen molar-refractivity contribution in [3.8, 4) is 11.1 Å². The van der Waals surface area contributed by atoms with Crippen LogP contribution in [-0.2, 0) is 12.8 Å². The second kappa shape index (κ2) is 9.33. The number of fused-ring (bicyclic) bond motifs is 1. The minimum absolute atomic E-state index is 0.0576. The van der Waals surface area contributed by atoms with E-state index in [9.17, 15) is 4.79 Å². The largest absolute Gasteiger partial charge is 0.347 e. The zero-order valence-corrected chi connectivity index (χ0v) is 19.5. The van der Waals surface area contributed by atoms with Gasteiger partial charge in [-0.15, -0.1) is 0 Å². The molecule has 2 aliphatic rings. The molecule has 0 bridgehead atoms. The number of anilines is 1. The van der Waals surface area contributed by atoms with Gasteiger partial charge < -0.3 is 9.80 Å². The van der Waals surface area contributed by atoms with Crippen molar-refractivity contribution in [1.82, 2.24) is 25.1 Å². The SMILES string of the molecule is CN(C)c1ncc(-c2ccccc2)c([C@@H]2CCCN(C(=O)c3n[nH]c4c3CCCCC4)C2)n1. The van der Waals surface area contributed by atoms with E-state index in [1.165, 1.54) is 12.8 Å². The number of hydrogen-bond donors (Lipinski definition) is 1. The minimum Gasteiger partial charge on any atom is -0.347 e. The Kier molecular flexibility index (Phi) is 6.11. The number of hydrogen-bond acceptors (Lipinski definition) is 5. The number of nitrogens with one attached hydrogen (secondary N) is 1. The predicted octanol–water partition coefficient (Wildman–Crippen LogP) is 4.22. The number of aromatic nitrogens is 4. The first-order valence-electron chi connectivity index (χ1n) is 12.1. The highest BCUT2D eigenvalue weighted by Crippen LogP contribution is 2.34. The second-order valence-corrected chi connectivity index (χ2v) is 9.41. The van der Waals surface area contributed by atoms with Crippen LogP contribution in [0.25, 0.3) is 11.1 Å². The fourth-order valence-corrected chi connectivity index (χ4v) is 5.12. The van der Waals surface area contributed by atoms with E-state index >= 15 is 0 Å². The molecule has 1 aliphatic heterocycles. The molecule has 1 atom stereocenters. The summed E-state index contributed by atoms with van der Waals surface area (Å²) in [5.74, 6) is 0.921. The van der Waals surface area contributed by atoms with E-state index in [1.807, 2.05) is 48.3 Å². The topological polar surface area (TPSA) is 78.0 Å². The van der Waals surface area contributed by atoms with E-state index in [-0.39, 0.29) is 11.8 Å². The van der Waals surface area contributed by atoms with Crippen LogP contribution in [-0.4, -0.2) is 58.2 Å². The van der Waals surface area contributed by atoms with Crippen LogP contribution in [0.1, 0.15) is 65.5 Å². The van der Waals surface area contributed by atoms with Gasteiger partial charge in [0.05, 0.1) is 5.69 Å². The van der Waals surface area contributed by atoms with Crippen molar-refractivity contribution in [2.45, 2.75) is 50.9 Å². The van der Waals surface area contributed by atoms with Crippen molar-refractivity contribution < 1.29 is 4.79 Å². The number of H-pyrrole nitrogens is 1. The number of likely N-dealkylation sites (tertiary alicyclic amines) is 1. The van der Waals surface area contributed by atoms with Crippen LogP contribution in [0.15, 0.2) is 36.5 Å². The highest BCUT2D eigenvalue weighted by atomic mass is 16.2. The van der Waals surface area contributed by atoms with Gasteiger partial charge in [-0.2, -0.15) is 5.10 Å². The van der Waals surface area contributed by atoms with Gasteiger partial charge in [-0.05, 0) is 44.1 Å². The average Bonchev–Trinajstić information content (AvgIpc) is 3.11. The lowest BCUT2D eigenvalue weighted by Gasteiger charge is -2.33. The smallest absolute Gasteiger partial charge is 0.274 e. The monoisotopic (exact) mass is 444 g/mol. The van der Waals surface area contributed by atoms with Crippen LogP contribution in [0.3, 0.4) is 0 Å². The Morgan fingerprint density at radius 3 is 2.73 bits per heavy atom. The third kappa shape index (κ3) is 4.36. The van der Waals surface area contributed by atoms with Gasteiger partial charge in [0.25, 0.3) is 5.91 Å². The Balaban J connectivity index is 1.45. The zero-order valence-electron chi connectivity index (χ0n) is 19.5. The van der Waals surface area contributed by atoms with Crippen LogP contribution in [0, 0.1) is 0 Å². The number of piperidine rings is 1. The van der Waals surface area contributed by atoms with Crippen LogP contribution in [0.4, 0.5) is 5.95 Å². The maximum Gasteiger partial charge on any atom is 0.274 e. The lowest BCUT2D eigenvalue weighted by molar-refractivity contribution is 0.0699. The molecule has 0 spiro atoms. The molecule has 7 heteroatoms. The number of amides is 1. The molecule has 7 nitrogen and oxygen atoms in total. The normalized spacial score (nSPS) is 18.5. The molecule has 0 saturated carbocycles. The molecular weight excluding hydrogens is 412 g/mol. The second-order valence-electron chi connectivity index (χ2n) is 9.41. The number of aromatic amines is 1. The van der Waals surface area contributed by atoms with Crippen LogP contribution in [0.5, 0.6) is 0 Å². The summed E-state index contributed by atoms with van der Waals surface area (Å²) in [6.45, 7) is 1.42. The molecule has 3 heterocycles. The highest BCUT2D eigenvalue weighted by Gasteiger charge is 2.31. The van der Waals surface area contributed by atoms with Gasteiger partial charge in [0, 0.05) is 56.1 Å². The van der Waals surface area contributed by atoms with E-state index in [1.54, 1.807) is 0 Å². The summed E-state index contributed by atoms with van der Waals surface area (Å²) in [6.07, 6.45) is 9.34. The Morgan fingerprint density at radius 1 is 1.09 bits per heavy atom. The molecule has 1 aromatic carbocycles. The van der Waals surface area contributed by atoms with E-state index in [2.05, 4.69) is 27.3 Å². The number of carbonyl (C=O) groups excluding carboxylic acids is 1. The van der Waals surface area contributed by atoms with Crippen LogP contribution < -0.4 is 4.90 Å². The summed E-state index contributed by atoms with van der Waals surface area (Å²) >= 11 is 0. The molecule has 1 fully saturated rings. The van der Waals surface area contributed by atoms with Gasteiger partial charge >= 0.3 is 0 Å². The summed E-state index contributed by atoms with van der Waals surface area (Å²) in [4.78, 5) is 27.0. The van der Waals surface area contributed by atoms with Crippen molar-refractivity contribution in [3.63, 3.8) is 0 Å². The molecule has 2 aromatic heterocycles. The number of rotatable bonds is 4. The Hall–Kier alpha value is -3.22. The lowest BCUT2D eigenvalue weighted by Crippen LogP contribution is -2.40. The van der Waals surface area contributed by atoms with Gasteiger partial charge in [0.15, 0.2) is 5.69 Å². The first kappa shape index (κ1) is 21.6. The van der Waals surface area contributed by atoms with Gasteiger partial charge in [0.1, 0.15) is 0 Å². The van der Waals surface area contributed by atoms with Gasteiger partial charge in [-0.1, -0.05) is 36.8 Å². The van der Waals surface area contributed by atoms with Crippen LogP contribution >= 0.6 is 0 Å². The Morgan fingerprint density at radius 2 is 1.91 bits per heavy atom. The van der Waals surface area contributed by atoms with Crippen LogP contribution in [0.2, 0.25) is 0 Å². The first-order valence-corrected chi connectivity index (χ1v) is 12.1. The molecule has 0 unspecified atom stereocenters. The molecule has 3 aromatic rings. The van der Waals surface area contributed by atoms with Crippen molar-refractivity contribution in [2.75, 3.05) is 32.1 Å². The summed E-state index contributed by atoms with van der Waals surface area (Å²) < 4.78 is 0. The van der Waals surface area contributed by atoms with E-state index in [0.29, 0.717) is 18.2 Å². The third-order valence-electron chi connectivity index (χ3n) is 6.89. The molecule has 1 saturated heterocycles. The summed E-state index contributed by atoms with van der Waals surface area (Å²) in [5.41, 5.74) is 6.11. The molecule has 5 rings (SSSR count). The molecule has 33 heavy (non-hydrogen) atoms. The molecule has 0 radical (unpaired) electrons. The van der Waals surface area contributed by atoms with Crippen molar-refractivity contribution >= 4 is 11.9 Å². The standard InChI is InChI=1S/C26H32N6O/c1-31(2)26-27-16-21(18-10-5-3-6-11-18)23(28-26)19-12-9-15-32(17-19)25(33)24-20-13-7-4-8-14-22(20)29-30-24/h3,5-6,10-11,16,19H,4,7-9,12-15,17H2,1-2H3,(H,29,30)/t19-/m1/s1. The molecule has 1 N–H and O–H groups in total. The number of benzene rings is 1. The number of nitrogens with zero attached hydrogens (tertiary/aromatic N) is 5. The molecule has 172 valence electrons. The van der Waals surface area contributed by atoms with Crippen molar-refractivity contribution in [2.24, 2.45) is 0 Å². The average molecular weight is 445 g/mol. The van der Waals surface area contributed by atoms with E-state index < -0.39 is 0 Å². The highest BCUT2D eigenvalue weighted by molar-refractivity contribution is 5.94. The first-order chi connectivity index (χ1) is 16.1. The summed E-state index contributed by atoms with van der Waals surface area (Å²) in [7, 11) is 3.92. The van der Waals surface area contributed by atoms with Gasteiger partial charge in [-0.25, -0.2) is 9.97 Å². The zero-order chi connectivity index (χ0) is 22.8. The fraction of sp³-hybridized carbons (Fsp3) is 0.462. The molecule has 1 amide bonds. The van der Waals surface area contributed by atoms with Gasteiger partial charge in [-0.3, -0.25) is 9.89 Å². The molecule has 1 aliphatic carbocycles. The summed E-state index contributed by atoms with van der Waals surface area (Å²) in [6, 6.07) is 10.3. The van der Waals surface area contributed by atoms with Gasteiger partial charge in [0.2, 0.25) is 5.95 Å². The van der Waals surface area contributed by atoms with Crippen molar-refractivity contribution in [3.05, 3.63) is 59.2 Å². The number of aryl methyl sites for hydroxylation is 1. The third-order valence-corrected chi connectivity index (χ3v) is 6.89. The minimum atomic E-state index is 0.0576. The van der Waals surface area contributed by atoms with E-state index in [0.717, 1.165) is 66.7 Å². The quantitative estimate of drug-likeness (QED) is 0.610. The summed E-state index contributed by atoms with van der Waals surface area (Å²) in [5, 5.41) is 7.62.